The summed E-state index contributed by atoms with van der Waals surface area (Å²) in [6.45, 7) is 1.34. The number of amides is 4. The molecule has 9 N–H and O–H groups in total. The van der Waals surface area contributed by atoms with Gasteiger partial charge in [-0.05, 0) is 54.5 Å². The number of phenolic OH excluding ortho intramolecular Hbond substituents is 1. The Morgan fingerprint density at radius 2 is 1.31 bits per heavy atom. The Labute approximate surface area is 288 Å². The summed E-state index contributed by atoms with van der Waals surface area (Å²) in [5.74, 6) is -1.43. The molecule has 12 nitrogen and oxygen atoms in total. The van der Waals surface area contributed by atoms with Gasteiger partial charge in [-0.2, -0.15) is 0 Å². The minimum atomic E-state index is -0.864. The minimum Gasteiger partial charge on any atom is -0.508 e. The van der Waals surface area contributed by atoms with Crippen LogP contribution in [0.15, 0.2) is 89.9 Å². The van der Waals surface area contributed by atoms with Gasteiger partial charge in [-0.15, -0.1) is 0 Å². The molecule has 0 aliphatic rings. The fraction of sp³-hybridized carbons (Fsp3) is 0.378. The lowest BCUT2D eigenvalue weighted by atomic mass is 9.90. The Morgan fingerprint density at radius 1 is 0.714 bits per heavy atom. The molecular weight excluding hydrogens is 622 g/mol. The van der Waals surface area contributed by atoms with Crippen LogP contribution in [0.4, 0.5) is 0 Å². The maximum Gasteiger partial charge on any atom is 0.242 e. The van der Waals surface area contributed by atoms with Crippen LogP contribution in [0.5, 0.6) is 5.75 Å². The third kappa shape index (κ3) is 14.6. The van der Waals surface area contributed by atoms with E-state index in [1.807, 2.05) is 60.7 Å². The zero-order valence-corrected chi connectivity index (χ0v) is 27.9. The Balaban J connectivity index is 1.54. The molecule has 0 aliphatic carbocycles. The Kier molecular flexibility index (Phi) is 16.9. The molecule has 0 fully saturated rings. The number of carbonyl (C=O) groups is 4. The molecule has 0 aromatic heterocycles. The van der Waals surface area contributed by atoms with Gasteiger partial charge in [-0.25, -0.2) is 0 Å². The highest BCUT2D eigenvalue weighted by molar-refractivity contribution is 5.96. The van der Waals surface area contributed by atoms with E-state index in [4.69, 9.17) is 11.5 Å². The molecule has 0 heterocycles. The van der Waals surface area contributed by atoms with Gasteiger partial charge in [0.1, 0.15) is 11.8 Å². The quantitative estimate of drug-likeness (QED) is 0.0544. The molecular formula is C37H49N7O5. The molecule has 0 saturated heterocycles. The molecule has 0 spiro atoms. The first-order valence-corrected chi connectivity index (χ1v) is 16.8. The van der Waals surface area contributed by atoms with Crippen LogP contribution in [0.25, 0.3) is 0 Å². The summed E-state index contributed by atoms with van der Waals surface area (Å²) < 4.78 is 0. The zero-order chi connectivity index (χ0) is 35.3. The molecule has 3 aromatic rings. The first-order chi connectivity index (χ1) is 23.8. The average Bonchev–Trinajstić information content (AvgIpc) is 3.10. The predicted octanol–water partition coefficient (Wildman–Crippen LogP) is 2.95. The molecule has 262 valence electrons. The summed E-state index contributed by atoms with van der Waals surface area (Å²) >= 11 is 0. The Morgan fingerprint density at radius 3 is 1.90 bits per heavy atom. The highest BCUT2D eigenvalue weighted by Crippen LogP contribution is 2.25. The molecule has 0 unspecified atom stereocenters. The molecule has 1 atom stereocenters. The van der Waals surface area contributed by atoms with Crippen molar-refractivity contribution in [1.82, 2.24) is 21.3 Å². The van der Waals surface area contributed by atoms with Gasteiger partial charge >= 0.3 is 0 Å². The standard InChI is InChI=1S/C37H49N7O5/c38-23-25-40-32(46)17-9-1-2-10-18-33(47)44-37(39)41-24-11-16-31(35(48)42-26-27-19-21-30(45)22-20-27)43-36(49)34(28-12-5-3-6-13-28)29-14-7-4-8-15-29/h3-8,12-15,19-22,31,34,45H,1-2,9-11,16-18,23-26,38H2,(H,40,46)(H,42,48)(H,43,49)(H3,39,41,44,47)/t31-/m1/s1. The fourth-order valence-electron chi connectivity index (χ4n) is 5.20. The second kappa shape index (κ2) is 21.6. The first kappa shape index (κ1) is 38.2. The molecule has 3 aromatic carbocycles. The SMILES string of the molecule is NCCNC(=O)CCCCCCC(=O)NC(N)=NCCC[C@@H](NC(=O)C(c1ccccc1)c1ccccc1)C(=O)NCc1ccc(O)cc1. The van der Waals surface area contributed by atoms with Gasteiger partial charge in [0.15, 0.2) is 5.96 Å². The van der Waals surface area contributed by atoms with Gasteiger partial charge in [0.25, 0.3) is 0 Å². The molecule has 3 rings (SSSR count). The molecule has 49 heavy (non-hydrogen) atoms. The number of unbranched alkanes of at least 4 members (excludes halogenated alkanes) is 3. The summed E-state index contributed by atoms with van der Waals surface area (Å²) in [5, 5.41) is 20.8. The maximum atomic E-state index is 13.8. The van der Waals surface area contributed by atoms with Gasteiger partial charge in [-0.3, -0.25) is 29.5 Å². The molecule has 0 saturated carbocycles. The van der Waals surface area contributed by atoms with Crippen LogP contribution in [0, 0.1) is 0 Å². The van der Waals surface area contributed by atoms with Crippen LogP contribution in [0.1, 0.15) is 74.0 Å². The topological polar surface area (TPSA) is 201 Å². The monoisotopic (exact) mass is 671 g/mol. The van der Waals surface area contributed by atoms with Gasteiger partial charge < -0.3 is 32.5 Å². The van der Waals surface area contributed by atoms with Crippen LogP contribution in [-0.4, -0.2) is 60.4 Å². The van der Waals surface area contributed by atoms with E-state index in [1.54, 1.807) is 24.3 Å². The average molecular weight is 672 g/mol. The lowest BCUT2D eigenvalue weighted by Gasteiger charge is -2.23. The predicted molar refractivity (Wildman–Crippen MR) is 190 cm³/mol. The van der Waals surface area contributed by atoms with E-state index in [1.165, 1.54) is 0 Å². The summed E-state index contributed by atoms with van der Waals surface area (Å²) in [6, 6.07) is 24.4. The lowest BCUT2D eigenvalue weighted by molar-refractivity contribution is -0.129. The van der Waals surface area contributed by atoms with Crippen LogP contribution < -0.4 is 32.7 Å². The lowest BCUT2D eigenvalue weighted by Crippen LogP contribution is -2.48. The molecule has 4 amide bonds. The summed E-state index contributed by atoms with van der Waals surface area (Å²) in [6.07, 6.45) is 4.48. The van der Waals surface area contributed by atoms with Crippen molar-refractivity contribution in [2.45, 2.75) is 69.9 Å². The van der Waals surface area contributed by atoms with E-state index >= 15 is 0 Å². The van der Waals surface area contributed by atoms with Crippen LogP contribution in [0.2, 0.25) is 0 Å². The first-order valence-electron chi connectivity index (χ1n) is 16.8. The van der Waals surface area contributed by atoms with Crippen molar-refractivity contribution in [2.75, 3.05) is 19.6 Å². The second-order valence-corrected chi connectivity index (χ2v) is 11.7. The number of nitrogens with zero attached hydrogens (tertiary/aromatic N) is 1. The van der Waals surface area contributed by atoms with Crippen molar-refractivity contribution in [2.24, 2.45) is 16.5 Å². The number of rotatable bonds is 20. The van der Waals surface area contributed by atoms with Gasteiger partial charge in [0.05, 0.1) is 5.92 Å². The molecule has 0 aliphatic heterocycles. The van der Waals surface area contributed by atoms with Crippen molar-refractivity contribution in [3.8, 4) is 5.75 Å². The number of hydrogen-bond acceptors (Lipinski definition) is 7. The fourth-order valence-corrected chi connectivity index (χ4v) is 5.20. The normalized spacial score (nSPS) is 11.8. The highest BCUT2D eigenvalue weighted by Gasteiger charge is 2.27. The molecule has 12 heteroatoms. The summed E-state index contributed by atoms with van der Waals surface area (Å²) in [5.41, 5.74) is 13.7. The number of aliphatic imine (C=N–C) groups is 1. The van der Waals surface area contributed by atoms with E-state index in [9.17, 15) is 24.3 Å². The van der Waals surface area contributed by atoms with Crippen molar-refractivity contribution in [1.29, 1.82) is 0 Å². The van der Waals surface area contributed by atoms with E-state index in [0.29, 0.717) is 32.4 Å². The van der Waals surface area contributed by atoms with Gasteiger partial charge in [0, 0.05) is 39.0 Å². The van der Waals surface area contributed by atoms with E-state index in [2.05, 4.69) is 26.3 Å². The number of hydrogen-bond donors (Lipinski definition) is 7. The van der Waals surface area contributed by atoms with Crippen molar-refractivity contribution in [3.05, 3.63) is 102 Å². The van der Waals surface area contributed by atoms with Gasteiger partial charge in [-0.1, -0.05) is 85.6 Å². The van der Waals surface area contributed by atoms with E-state index < -0.39 is 12.0 Å². The van der Waals surface area contributed by atoms with Crippen molar-refractivity contribution < 1.29 is 24.3 Å². The molecule has 0 bridgehead atoms. The number of nitrogens with two attached hydrogens (primary N) is 2. The number of phenols is 1. The maximum absolute atomic E-state index is 13.8. The van der Waals surface area contributed by atoms with Crippen molar-refractivity contribution in [3.63, 3.8) is 0 Å². The summed E-state index contributed by atoms with van der Waals surface area (Å²) in [7, 11) is 0. The number of aromatic hydroxyl groups is 1. The zero-order valence-electron chi connectivity index (χ0n) is 27.9. The van der Waals surface area contributed by atoms with Crippen molar-refractivity contribution >= 4 is 29.6 Å². The third-order valence-electron chi connectivity index (χ3n) is 7.79. The van der Waals surface area contributed by atoms with Crippen LogP contribution >= 0.6 is 0 Å². The number of nitrogens with one attached hydrogen (secondary N) is 4. The number of benzene rings is 3. The van der Waals surface area contributed by atoms with E-state index in [-0.39, 0.29) is 61.3 Å². The highest BCUT2D eigenvalue weighted by atomic mass is 16.3. The minimum absolute atomic E-state index is 0.00726. The third-order valence-corrected chi connectivity index (χ3v) is 7.79. The Hall–Kier alpha value is -5.23. The molecule has 0 radical (unpaired) electrons. The van der Waals surface area contributed by atoms with E-state index in [0.717, 1.165) is 36.0 Å². The number of carbonyl (C=O) groups excluding carboxylic acids is 4. The second-order valence-electron chi connectivity index (χ2n) is 11.7. The largest absolute Gasteiger partial charge is 0.508 e. The Bertz CT molecular complexity index is 1440. The van der Waals surface area contributed by atoms with Gasteiger partial charge in [0.2, 0.25) is 23.6 Å². The summed E-state index contributed by atoms with van der Waals surface area (Å²) in [4.78, 5) is 55.4. The smallest absolute Gasteiger partial charge is 0.242 e. The number of guanidine groups is 1. The van der Waals surface area contributed by atoms with Crippen LogP contribution in [0.3, 0.4) is 0 Å². The van der Waals surface area contributed by atoms with Crippen LogP contribution in [-0.2, 0) is 25.7 Å².